The minimum Gasteiger partial charge on any atom is -0.490 e. The van der Waals surface area contributed by atoms with Crippen molar-refractivity contribution < 1.29 is 4.74 Å². The van der Waals surface area contributed by atoms with E-state index in [1.165, 1.54) is 0 Å². The highest BCUT2D eigenvalue weighted by Gasteiger charge is 2.07. The van der Waals surface area contributed by atoms with Crippen LogP contribution in [0.15, 0.2) is 55.3 Å². The van der Waals surface area contributed by atoms with Crippen LogP contribution < -0.4 is 10.1 Å². The first kappa shape index (κ1) is 11.5. The predicted molar refractivity (Wildman–Crippen MR) is 71.6 cm³/mol. The van der Waals surface area contributed by atoms with Crippen LogP contribution in [0, 0.1) is 0 Å². The summed E-state index contributed by atoms with van der Waals surface area (Å²) in [6.07, 6.45) is 6.01. The average molecular weight is 227 g/mol. The Labute approximate surface area is 102 Å². The topological polar surface area (TPSA) is 21.3 Å². The molecule has 1 heterocycles. The number of hydrogen-bond acceptors (Lipinski definition) is 2. The Kier molecular flexibility index (Phi) is 3.66. The van der Waals surface area contributed by atoms with Crippen LogP contribution in [0.1, 0.15) is 18.4 Å². The number of nitrogens with one attached hydrogen (secondary N) is 1. The number of benzene rings is 1. The van der Waals surface area contributed by atoms with Crippen LogP contribution >= 0.6 is 0 Å². The minimum atomic E-state index is 0.539. The smallest absolute Gasteiger partial charge is 0.119 e. The van der Waals surface area contributed by atoms with E-state index in [4.69, 9.17) is 4.74 Å². The van der Waals surface area contributed by atoms with E-state index in [0.29, 0.717) is 6.61 Å². The molecule has 17 heavy (non-hydrogen) atoms. The molecular weight excluding hydrogens is 210 g/mol. The van der Waals surface area contributed by atoms with Crippen molar-refractivity contribution in [3.63, 3.8) is 0 Å². The van der Waals surface area contributed by atoms with Gasteiger partial charge in [-0.05, 0) is 42.7 Å². The molecule has 88 valence electrons. The van der Waals surface area contributed by atoms with Crippen LogP contribution in [-0.4, -0.2) is 6.61 Å². The molecule has 1 aromatic carbocycles. The van der Waals surface area contributed by atoms with Gasteiger partial charge in [0.15, 0.2) is 0 Å². The van der Waals surface area contributed by atoms with E-state index in [-0.39, 0.29) is 0 Å². The molecule has 2 rings (SSSR count). The lowest BCUT2D eigenvalue weighted by Crippen LogP contribution is -2.14. The van der Waals surface area contributed by atoms with Gasteiger partial charge in [-0.2, -0.15) is 0 Å². The van der Waals surface area contributed by atoms with E-state index in [1.54, 1.807) is 6.08 Å². The highest BCUT2D eigenvalue weighted by atomic mass is 16.5. The normalized spacial score (nSPS) is 14.8. The zero-order chi connectivity index (χ0) is 12.1. The highest BCUT2D eigenvalue weighted by Crippen LogP contribution is 2.22. The molecule has 0 saturated heterocycles. The second-order valence-electron chi connectivity index (χ2n) is 4.01. The predicted octanol–water partition coefficient (Wildman–Crippen LogP) is 3.49. The summed E-state index contributed by atoms with van der Waals surface area (Å²) in [5.74, 6) is 0.865. The van der Waals surface area contributed by atoms with E-state index < -0.39 is 0 Å². The number of rotatable bonds is 4. The summed E-state index contributed by atoms with van der Waals surface area (Å²) < 4.78 is 5.44. The second-order valence-corrected chi connectivity index (χ2v) is 4.01. The molecule has 1 N–H and O–H groups in total. The van der Waals surface area contributed by atoms with Crippen LogP contribution in [0.25, 0.3) is 5.70 Å². The molecule has 1 aromatic rings. The first-order valence-electron chi connectivity index (χ1n) is 5.78. The third-order valence-corrected chi connectivity index (χ3v) is 2.64. The number of hydrogen-bond donors (Lipinski definition) is 1. The lowest BCUT2D eigenvalue weighted by Gasteiger charge is -2.18. The summed E-state index contributed by atoms with van der Waals surface area (Å²) in [5, 5.41) is 3.30. The van der Waals surface area contributed by atoms with Gasteiger partial charge >= 0.3 is 0 Å². The molecular formula is C15H17NO. The Morgan fingerprint density at radius 3 is 2.71 bits per heavy atom. The monoisotopic (exact) mass is 227 g/mol. The highest BCUT2D eigenvalue weighted by molar-refractivity contribution is 5.66. The zero-order valence-electron chi connectivity index (χ0n) is 9.91. The SMILES string of the molecule is C=CCOc1ccc(C2=CCCC(=C)N2)cc1. The van der Waals surface area contributed by atoms with E-state index in [1.807, 2.05) is 12.1 Å². The van der Waals surface area contributed by atoms with E-state index in [0.717, 1.165) is 35.5 Å². The summed E-state index contributed by atoms with van der Waals surface area (Å²) in [5.41, 5.74) is 3.38. The molecule has 0 amide bonds. The van der Waals surface area contributed by atoms with Crippen molar-refractivity contribution in [3.8, 4) is 5.75 Å². The van der Waals surface area contributed by atoms with Gasteiger partial charge in [0.25, 0.3) is 0 Å². The molecule has 0 radical (unpaired) electrons. The molecule has 0 fully saturated rings. The van der Waals surface area contributed by atoms with Crippen molar-refractivity contribution >= 4 is 5.70 Å². The molecule has 0 spiro atoms. The van der Waals surface area contributed by atoms with Crippen LogP contribution in [0.5, 0.6) is 5.75 Å². The average Bonchev–Trinajstić information content (AvgIpc) is 2.37. The van der Waals surface area contributed by atoms with Crippen LogP contribution in [0.3, 0.4) is 0 Å². The Hall–Kier alpha value is -1.96. The molecule has 0 aliphatic carbocycles. The van der Waals surface area contributed by atoms with Crippen molar-refractivity contribution in [3.05, 3.63) is 60.8 Å². The fraction of sp³-hybridized carbons (Fsp3) is 0.200. The lowest BCUT2D eigenvalue weighted by atomic mass is 10.1. The maximum Gasteiger partial charge on any atom is 0.119 e. The maximum absolute atomic E-state index is 5.44. The number of allylic oxidation sites excluding steroid dienone is 2. The van der Waals surface area contributed by atoms with Crippen LogP contribution in [0.4, 0.5) is 0 Å². The first-order valence-corrected chi connectivity index (χ1v) is 5.78. The Balaban J connectivity index is 2.09. The first-order chi connectivity index (χ1) is 8.29. The Morgan fingerprint density at radius 2 is 2.06 bits per heavy atom. The summed E-state index contributed by atoms with van der Waals surface area (Å²) in [6, 6.07) is 8.04. The van der Waals surface area contributed by atoms with Gasteiger partial charge in [0, 0.05) is 11.4 Å². The molecule has 2 heteroatoms. The summed E-state index contributed by atoms with van der Waals surface area (Å²) in [7, 11) is 0. The van der Waals surface area contributed by atoms with Crippen molar-refractivity contribution in [1.82, 2.24) is 5.32 Å². The fourth-order valence-corrected chi connectivity index (χ4v) is 1.77. The molecule has 0 atom stereocenters. The van der Waals surface area contributed by atoms with Crippen molar-refractivity contribution in [2.45, 2.75) is 12.8 Å². The maximum atomic E-state index is 5.44. The van der Waals surface area contributed by atoms with Crippen molar-refractivity contribution in [1.29, 1.82) is 0 Å². The van der Waals surface area contributed by atoms with Gasteiger partial charge in [-0.15, -0.1) is 0 Å². The second kappa shape index (κ2) is 5.39. The van der Waals surface area contributed by atoms with Crippen LogP contribution in [-0.2, 0) is 0 Å². The fourth-order valence-electron chi connectivity index (χ4n) is 1.77. The summed E-state index contributed by atoms with van der Waals surface area (Å²) >= 11 is 0. The number of ether oxygens (including phenoxy) is 1. The molecule has 0 bridgehead atoms. The molecule has 0 aromatic heterocycles. The standard InChI is InChI=1S/C15H17NO/c1-3-11-17-14-9-7-13(8-10-14)15-6-4-5-12(2)16-15/h3,6-10,16H,1-2,4-5,11H2. The third kappa shape index (κ3) is 3.00. The molecule has 1 aliphatic heterocycles. The minimum absolute atomic E-state index is 0.539. The van der Waals surface area contributed by atoms with E-state index >= 15 is 0 Å². The van der Waals surface area contributed by atoms with Gasteiger partial charge < -0.3 is 10.1 Å². The Morgan fingerprint density at radius 1 is 1.29 bits per heavy atom. The molecule has 1 aliphatic rings. The zero-order valence-corrected chi connectivity index (χ0v) is 9.91. The van der Waals surface area contributed by atoms with Gasteiger partial charge in [-0.1, -0.05) is 25.3 Å². The largest absolute Gasteiger partial charge is 0.490 e. The van der Waals surface area contributed by atoms with Gasteiger partial charge in [0.2, 0.25) is 0 Å². The van der Waals surface area contributed by atoms with Gasteiger partial charge in [0.1, 0.15) is 12.4 Å². The lowest BCUT2D eigenvalue weighted by molar-refractivity contribution is 0.363. The van der Waals surface area contributed by atoms with E-state index in [2.05, 4.69) is 36.7 Å². The van der Waals surface area contributed by atoms with Crippen molar-refractivity contribution in [2.24, 2.45) is 0 Å². The summed E-state index contributed by atoms with van der Waals surface area (Å²) in [4.78, 5) is 0. The molecule has 0 saturated carbocycles. The van der Waals surface area contributed by atoms with Crippen LogP contribution in [0.2, 0.25) is 0 Å². The molecule has 0 unspecified atom stereocenters. The van der Waals surface area contributed by atoms with Gasteiger partial charge in [-0.25, -0.2) is 0 Å². The summed E-state index contributed by atoms with van der Waals surface area (Å²) in [6.45, 7) is 8.12. The Bertz CT molecular complexity index is 442. The van der Waals surface area contributed by atoms with Gasteiger partial charge in [0.05, 0.1) is 0 Å². The van der Waals surface area contributed by atoms with Crippen molar-refractivity contribution in [2.75, 3.05) is 6.61 Å². The van der Waals surface area contributed by atoms with Gasteiger partial charge in [-0.3, -0.25) is 0 Å². The third-order valence-electron chi connectivity index (χ3n) is 2.64. The quantitative estimate of drug-likeness (QED) is 0.795. The molecule has 2 nitrogen and oxygen atoms in total. The van der Waals surface area contributed by atoms with E-state index in [9.17, 15) is 0 Å².